The van der Waals surface area contributed by atoms with Crippen molar-refractivity contribution in [2.45, 2.75) is 69.4 Å². The maximum Gasteiger partial charge on any atom is 0.227 e. The number of amides is 2. The Labute approximate surface area is 156 Å². The summed E-state index contributed by atoms with van der Waals surface area (Å²) in [6.07, 6.45) is 9.19. The van der Waals surface area contributed by atoms with Crippen LogP contribution in [-0.4, -0.2) is 71.1 Å². The van der Waals surface area contributed by atoms with E-state index >= 15 is 0 Å². The molecule has 0 radical (unpaired) electrons. The van der Waals surface area contributed by atoms with E-state index in [-0.39, 0.29) is 29.9 Å². The number of aliphatic hydroxyl groups excluding tert-OH is 1. The molecule has 0 bridgehead atoms. The molecule has 0 spiro atoms. The molecule has 2 saturated heterocycles. The number of carbonyl (C=O) groups excluding carboxylic acids is 2. The number of piperidine rings is 1. The Kier molecular flexibility index (Phi) is 5.24. The minimum absolute atomic E-state index is 0.138. The molecule has 146 valence electrons. The average molecular weight is 364 g/mol. The minimum atomic E-state index is -0.221. The molecule has 2 aliphatic carbocycles. The van der Waals surface area contributed by atoms with Gasteiger partial charge in [0.05, 0.1) is 12.5 Å². The van der Waals surface area contributed by atoms with Crippen LogP contribution in [0.2, 0.25) is 0 Å². The van der Waals surface area contributed by atoms with Crippen LogP contribution in [0.1, 0.15) is 57.8 Å². The molecule has 0 aromatic heterocycles. The molecule has 4 aliphatic rings. The van der Waals surface area contributed by atoms with Crippen molar-refractivity contribution in [1.29, 1.82) is 0 Å². The van der Waals surface area contributed by atoms with Crippen LogP contribution in [-0.2, 0) is 9.59 Å². The van der Waals surface area contributed by atoms with Gasteiger partial charge in [0.15, 0.2) is 0 Å². The summed E-state index contributed by atoms with van der Waals surface area (Å²) < 4.78 is 0. The van der Waals surface area contributed by atoms with Gasteiger partial charge in [-0.15, -0.1) is 0 Å². The topological polar surface area (TPSA) is 72.9 Å². The normalized spacial score (nSPS) is 29.6. The Bertz CT molecular complexity index is 534. The number of aliphatic hydroxyl groups is 1. The molecule has 2 heterocycles. The lowest BCUT2D eigenvalue weighted by Gasteiger charge is -2.42. The van der Waals surface area contributed by atoms with Crippen LogP contribution in [0, 0.1) is 11.8 Å². The first kappa shape index (κ1) is 18.2. The quantitative estimate of drug-likeness (QED) is 0.742. The highest BCUT2D eigenvalue weighted by Gasteiger charge is 2.42. The Morgan fingerprint density at radius 3 is 2.46 bits per heavy atom. The predicted octanol–water partition coefficient (Wildman–Crippen LogP) is 1.13. The lowest BCUT2D eigenvalue weighted by molar-refractivity contribution is -0.137. The first-order valence-electron chi connectivity index (χ1n) is 10.5. The zero-order valence-electron chi connectivity index (χ0n) is 15.8. The number of carbonyl (C=O) groups is 2. The SMILES string of the molecule is O=C(C1CC(=O)N(C2CCCC2)C1)N1CCC(CO)(NCC2CC2)CC1. The second-order valence-electron chi connectivity index (χ2n) is 8.97. The molecule has 2 aliphatic heterocycles. The zero-order chi connectivity index (χ0) is 18.1. The van der Waals surface area contributed by atoms with Crippen molar-refractivity contribution in [3.8, 4) is 0 Å². The van der Waals surface area contributed by atoms with Crippen molar-refractivity contribution >= 4 is 11.8 Å². The summed E-state index contributed by atoms with van der Waals surface area (Å²) in [5.74, 6) is 0.934. The highest BCUT2D eigenvalue weighted by Crippen LogP contribution is 2.32. The van der Waals surface area contributed by atoms with Crippen LogP contribution < -0.4 is 5.32 Å². The fourth-order valence-corrected chi connectivity index (χ4v) is 4.95. The van der Waals surface area contributed by atoms with Gasteiger partial charge in [-0.2, -0.15) is 0 Å². The van der Waals surface area contributed by atoms with Gasteiger partial charge >= 0.3 is 0 Å². The third-order valence-corrected chi connectivity index (χ3v) is 7.07. The molecule has 2 saturated carbocycles. The number of nitrogens with one attached hydrogen (secondary N) is 1. The maximum absolute atomic E-state index is 12.9. The largest absolute Gasteiger partial charge is 0.394 e. The number of nitrogens with zero attached hydrogens (tertiary/aromatic N) is 2. The van der Waals surface area contributed by atoms with E-state index in [2.05, 4.69) is 5.32 Å². The lowest BCUT2D eigenvalue weighted by atomic mass is 9.87. The lowest BCUT2D eigenvalue weighted by Crippen LogP contribution is -2.57. The summed E-state index contributed by atoms with van der Waals surface area (Å²) >= 11 is 0. The standard InChI is InChI=1S/C20H33N3O3/c24-14-20(21-12-15-5-6-15)7-9-22(10-8-20)19(26)16-11-18(25)23(13-16)17-3-1-2-4-17/h15-17,21,24H,1-14H2. The van der Waals surface area contributed by atoms with E-state index in [1.165, 1.54) is 25.7 Å². The van der Waals surface area contributed by atoms with Crippen molar-refractivity contribution in [1.82, 2.24) is 15.1 Å². The van der Waals surface area contributed by atoms with E-state index in [0.29, 0.717) is 32.1 Å². The Morgan fingerprint density at radius 1 is 1.15 bits per heavy atom. The number of hydrogen-bond acceptors (Lipinski definition) is 4. The third kappa shape index (κ3) is 3.77. The van der Waals surface area contributed by atoms with Gasteiger partial charge in [-0.25, -0.2) is 0 Å². The molecular formula is C20H33N3O3. The summed E-state index contributed by atoms with van der Waals surface area (Å²) in [4.78, 5) is 29.2. The first-order valence-corrected chi connectivity index (χ1v) is 10.5. The molecule has 1 unspecified atom stereocenters. The van der Waals surface area contributed by atoms with Gasteiger partial charge in [0, 0.05) is 37.6 Å². The summed E-state index contributed by atoms with van der Waals surface area (Å²) in [5.41, 5.74) is -0.221. The van der Waals surface area contributed by atoms with Crippen LogP contribution in [0.4, 0.5) is 0 Å². The average Bonchev–Trinajstić information content (AvgIpc) is 3.18. The van der Waals surface area contributed by atoms with E-state index in [1.54, 1.807) is 0 Å². The van der Waals surface area contributed by atoms with Gasteiger partial charge in [0.2, 0.25) is 11.8 Å². The number of hydrogen-bond donors (Lipinski definition) is 2. The summed E-state index contributed by atoms with van der Waals surface area (Å²) in [6, 6.07) is 0.371. The zero-order valence-corrected chi connectivity index (χ0v) is 15.8. The van der Waals surface area contributed by atoms with Gasteiger partial charge < -0.3 is 20.2 Å². The Hall–Kier alpha value is -1.14. The third-order valence-electron chi connectivity index (χ3n) is 7.07. The monoisotopic (exact) mass is 363 g/mol. The highest BCUT2D eigenvalue weighted by atomic mass is 16.3. The van der Waals surface area contributed by atoms with Crippen LogP contribution in [0.5, 0.6) is 0 Å². The number of likely N-dealkylation sites (tertiary alicyclic amines) is 2. The predicted molar refractivity (Wildman–Crippen MR) is 98.4 cm³/mol. The van der Waals surface area contributed by atoms with Crippen LogP contribution >= 0.6 is 0 Å². The fourth-order valence-electron chi connectivity index (χ4n) is 4.95. The molecule has 4 fully saturated rings. The molecule has 1 atom stereocenters. The van der Waals surface area contributed by atoms with Crippen LogP contribution in [0.15, 0.2) is 0 Å². The molecule has 4 rings (SSSR count). The van der Waals surface area contributed by atoms with Crippen molar-refractivity contribution in [2.24, 2.45) is 11.8 Å². The second kappa shape index (κ2) is 7.47. The second-order valence-corrected chi connectivity index (χ2v) is 8.97. The summed E-state index contributed by atoms with van der Waals surface area (Å²) in [7, 11) is 0. The smallest absolute Gasteiger partial charge is 0.227 e. The van der Waals surface area contributed by atoms with Gasteiger partial charge in [0.25, 0.3) is 0 Å². The Morgan fingerprint density at radius 2 is 1.85 bits per heavy atom. The fraction of sp³-hybridized carbons (Fsp3) is 0.900. The Balaban J connectivity index is 1.29. The summed E-state index contributed by atoms with van der Waals surface area (Å²) in [5, 5.41) is 13.5. The van der Waals surface area contributed by atoms with Crippen LogP contribution in [0.3, 0.4) is 0 Å². The van der Waals surface area contributed by atoms with E-state index in [4.69, 9.17) is 0 Å². The molecule has 6 nitrogen and oxygen atoms in total. The van der Waals surface area contributed by atoms with Gasteiger partial charge in [0.1, 0.15) is 0 Å². The molecule has 2 amide bonds. The molecule has 0 aromatic rings. The first-order chi connectivity index (χ1) is 12.6. The molecule has 2 N–H and O–H groups in total. The van der Waals surface area contributed by atoms with Crippen molar-refractivity contribution in [3.63, 3.8) is 0 Å². The molecule has 0 aromatic carbocycles. The van der Waals surface area contributed by atoms with Crippen molar-refractivity contribution < 1.29 is 14.7 Å². The van der Waals surface area contributed by atoms with Crippen molar-refractivity contribution in [3.05, 3.63) is 0 Å². The molecule has 26 heavy (non-hydrogen) atoms. The molecule has 6 heteroatoms. The van der Waals surface area contributed by atoms with E-state index < -0.39 is 0 Å². The van der Waals surface area contributed by atoms with Gasteiger partial charge in [-0.05, 0) is 51.0 Å². The van der Waals surface area contributed by atoms with Gasteiger partial charge in [-0.3, -0.25) is 9.59 Å². The number of rotatable bonds is 6. The van der Waals surface area contributed by atoms with E-state index in [0.717, 1.165) is 38.1 Å². The maximum atomic E-state index is 12.9. The van der Waals surface area contributed by atoms with Crippen molar-refractivity contribution in [2.75, 3.05) is 32.8 Å². The minimum Gasteiger partial charge on any atom is -0.394 e. The van der Waals surface area contributed by atoms with E-state index in [9.17, 15) is 14.7 Å². The van der Waals surface area contributed by atoms with E-state index in [1.807, 2.05) is 9.80 Å². The molecular weight excluding hydrogens is 330 g/mol. The highest BCUT2D eigenvalue weighted by molar-refractivity contribution is 5.89. The summed E-state index contributed by atoms with van der Waals surface area (Å²) in [6.45, 7) is 3.11. The van der Waals surface area contributed by atoms with Gasteiger partial charge in [-0.1, -0.05) is 12.8 Å². The van der Waals surface area contributed by atoms with Crippen LogP contribution in [0.25, 0.3) is 0 Å².